The van der Waals surface area contributed by atoms with E-state index in [-0.39, 0.29) is 32.3 Å². The van der Waals surface area contributed by atoms with Gasteiger partial charge in [0.1, 0.15) is 6.61 Å². The molecule has 9 heteroatoms. The van der Waals surface area contributed by atoms with Crippen molar-refractivity contribution in [1.29, 1.82) is 0 Å². The van der Waals surface area contributed by atoms with Crippen molar-refractivity contribution >= 4 is 13.8 Å². The van der Waals surface area contributed by atoms with E-state index in [4.69, 9.17) is 24.3 Å². The lowest BCUT2D eigenvalue weighted by Crippen LogP contribution is -2.27. The topological polar surface area (TPSA) is 117 Å². The summed E-state index contributed by atoms with van der Waals surface area (Å²) in [6.07, 6.45) is 39.9. The number of unbranched alkanes of at least 4 members (excludes halogenated alkanes) is 23. The number of carbonyl (C=O) groups is 1. The van der Waals surface area contributed by atoms with Gasteiger partial charge in [-0.05, 0) is 51.0 Å². The summed E-state index contributed by atoms with van der Waals surface area (Å²) in [4.78, 5) is 22.4. The van der Waals surface area contributed by atoms with Crippen LogP contribution in [0.3, 0.4) is 0 Å². The Morgan fingerprint density at radius 3 is 1.54 bits per heavy atom. The number of carbonyl (C=O) groups excluding carboxylic acids is 1. The van der Waals surface area contributed by atoms with Crippen LogP contribution in [0.15, 0.2) is 24.5 Å². The van der Waals surface area contributed by atoms with Crippen molar-refractivity contribution in [3.8, 4) is 0 Å². The lowest BCUT2D eigenvalue weighted by Gasteiger charge is -2.19. The second kappa shape index (κ2) is 37.1. The molecular weight excluding hydrogens is 625 g/mol. The van der Waals surface area contributed by atoms with Crippen molar-refractivity contribution in [2.24, 2.45) is 5.73 Å². The van der Waals surface area contributed by atoms with Crippen molar-refractivity contribution in [2.45, 2.75) is 193 Å². The molecule has 0 bridgehead atoms. The van der Waals surface area contributed by atoms with Gasteiger partial charge in [0.15, 0.2) is 6.10 Å². The zero-order chi connectivity index (χ0) is 35.2. The lowest BCUT2D eigenvalue weighted by atomic mass is 10.0. The first-order chi connectivity index (χ1) is 23.4. The van der Waals surface area contributed by atoms with E-state index in [1.54, 1.807) is 6.26 Å². The molecule has 8 nitrogen and oxygen atoms in total. The maximum Gasteiger partial charge on any atom is 0.472 e. The van der Waals surface area contributed by atoms with E-state index in [0.717, 1.165) is 38.5 Å². The minimum absolute atomic E-state index is 0.0306. The van der Waals surface area contributed by atoms with Crippen LogP contribution < -0.4 is 5.73 Å². The third-order valence-electron chi connectivity index (χ3n) is 8.44. The number of esters is 1. The van der Waals surface area contributed by atoms with Crippen LogP contribution in [-0.2, 0) is 27.9 Å². The molecule has 48 heavy (non-hydrogen) atoms. The molecular formula is C39H76NO7P. The third-order valence-corrected chi connectivity index (χ3v) is 9.42. The molecule has 0 aliphatic carbocycles. The molecule has 0 aromatic rings. The quantitative estimate of drug-likeness (QED) is 0.0215. The number of phosphoric acid groups is 1. The van der Waals surface area contributed by atoms with Crippen LogP contribution in [0.5, 0.6) is 0 Å². The third kappa shape index (κ3) is 36.1. The second-order valence-electron chi connectivity index (χ2n) is 13.2. The minimum Gasteiger partial charge on any atom is -0.498 e. The van der Waals surface area contributed by atoms with Gasteiger partial charge in [0.05, 0.1) is 19.5 Å². The molecule has 0 aromatic heterocycles. The van der Waals surface area contributed by atoms with E-state index in [1.165, 1.54) is 128 Å². The van der Waals surface area contributed by atoms with Gasteiger partial charge in [-0.15, -0.1) is 0 Å². The highest BCUT2D eigenvalue weighted by atomic mass is 31.2. The summed E-state index contributed by atoms with van der Waals surface area (Å²) < 4.78 is 33.1. The molecule has 0 fully saturated rings. The smallest absolute Gasteiger partial charge is 0.472 e. The zero-order valence-corrected chi connectivity index (χ0v) is 32.1. The van der Waals surface area contributed by atoms with Crippen LogP contribution in [0, 0.1) is 0 Å². The average molecular weight is 702 g/mol. The number of rotatable bonds is 38. The standard InChI is InChI=1S/C39H76NO7P/c1-3-5-7-9-11-13-15-17-18-19-21-23-25-27-29-31-34-44-36-38(37-46-48(42,43)45-35-33-40)47-39(41)32-30-28-26-24-22-20-16-14-12-10-8-6-4-2/h17-18,31,34,38H,3-16,19-30,32-33,35-37,40H2,1-2H3,(H,42,43)/b18-17-,34-31-/t38-/m1/s1. The second-order valence-corrected chi connectivity index (χ2v) is 14.7. The normalized spacial score (nSPS) is 13.8. The van der Waals surface area contributed by atoms with E-state index < -0.39 is 13.9 Å². The Morgan fingerprint density at radius 2 is 1.06 bits per heavy atom. The van der Waals surface area contributed by atoms with E-state index in [9.17, 15) is 14.3 Å². The summed E-state index contributed by atoms with van der Waals surface area (Å²) in [6.45, 7) is 4.23. The molecule has 0 saturated heterocycles. The first-order valence-electron chi connectivity index (χ1n) is 19.9. The van der Waals surface area contributed by atoms with Crippen LogP contribution in [-0.4, -0.2) is 43.3 Å². The molecule has 0 amide bonds. The molecule has 0 aliphatic rings. The van der Waals surface area contributed by atoms with Gasteiger partial charge in [0.25, 0.3) is 0 Å². The van der Waals surface area contributed by atoms with Gasteiger partial charge >= 0.3 is 13.8 Å². The van der Waals surface area contributed by atoms with Gasteiger partial charge in [-0.2, -0.15) is 0 Å². The molecule has 0 radical (unpaired) electrons. The number of allylic oxidation sites excluding steroid dienone is 3. The molecule has 2 atom stereocenters. The van der Waals surface area contributed by atoms with Gasteiger partial charge in [-0.1, -0.05) is 148 Å². The predicted molar refractivity (Wildman–Crippen MR) is 201 cm³/mol. The Kier molecular flexibility index (Phi) is 36.2. The number of phosphoric ester groups is 1. The minimum atomic E-state index is -4.28. The number of nitrogens with two attached hydrogens (primary N) is 1. The van der Waals surface area contributed by atoms with Crippen LogP contribution in [0.1, 0.15) is 187 Å². The molecule has 284 valence electrons. The highest BCUT2D eigenvalue weighted by Crippen LogP contribution is 2.43. The van der Waals surface area contributed by atoms with Crippen molar-refractivity contribution in [3.63, 3.8) is 0 Å². The van der Waals surface area contributed by atoms with Crippen molar-refractivity contribution < 1.29 is 32.8 Å². The van der Waals surface area contributed by atoms with Crippen molar-refractivity contribution in [3.05, 3.63) is 24.5 Å². The van der Waals surface area contributed by atoms with E-state index in [2.05, 4.69) is 26.0 Å². The summed E-state index contributed by atoms with van der Waals surface area (Å²) in [5.74, 6) is -0.354. The fourth-order valence-electron chi connectivity index (χ4n) is 5.49. The van der Waals surface area contributed by atoms with Gasteiger partial charge in [-0.25, -0.2) is 4.57 Å². The van der Waals surface area contributed by atoms with Crippen LogP contribution in [0.2, 0.25) is 0 Å². The van der Waals surface area contributed by atoms with E-state index in [1.807, 2.05) is 6.08 Å². The van der Waals surface area contributed by atoms with Crippen LogP contribution in [0.4, 0.5) is 0 Å². The highest BCUT2D eigenvalue weighted by molar-refractivity contribution is 7.47. The van der Waals surface area contributed by atoms with Gasteiger partial charge in [-0.3, -0.25) is 13.8 Å². The van der Waals surface area contributed by atoms with Gasteiger partial charge < -0.3 is 20.1 Å². The van der Waals surface area contributed by atoms with E-state index in [0.29, 0.717) is 6.42 Å². The Bertz CT molecular complexity index is 792. The maximum absolute atomic E-state index is 12.5. The molecule has 0 aliphatic heterocycles. The van der Waals surface area contributed by atoms with Crippen LogP contribution in [0.25, 0.3) is 0 Å². The van der Waals surface area contributed by atoms with Crippen molar-refractivity contribution in [1.82, 2.24) is 0 Å². The fraction of sp³-hybridized carbons (Fsp3) is 0.872. The Labute approximate surface area is 296 Å². The molecule has 0 heterocycles. The first kappa shape index (κ1) is 46.8. The molecule has 0 saturated carbocycles. The summed E-state index contributed by atoms with van der Waals surface area (Å²) in [5.41, 5.74) is 5.35. The lowest BCUT2D eigenvalue weighted by molar-refractivity contribution is -0.153. The SMILES string of the molecule is CCCCCCCC/C=C\CCCCCC/C=C\OC[C@H](COP(=O)(O)OCCN)OC(=O)CCCCCCCCCCCCCCC. The molecule has 0 aromatic carbocycles. The monoisotopic (exact) mass is 702 g/mol. The summed E-state index contributed by atoms with van der Waals surface area (Å²) in [6, 6.07) is 0. The number of ether oxygens (including phenoxy) is 2. The Hall–Kier alpha value is -1.18. The molecule has 0 spiro atoms. The van der Waals surface area contributed by atoms with Gasteiger partial charge in [0.2, 0.25) is 0 Å². The maximum atomic E-state index is 12.5. The van der Waals surface area contributed by atoms with Crippen LogP contribution >= 0.6 is 7.82 Å². The predicted octanol–water partition coefficient (Wildman–Crippen LogP) is 11.6. The number of hydrogen-bond donors (Lipinski definition) is 2. The first-order valence-corrected chi connectivity index (χ1v) is 21.4. The average Bonchev–Trinajstić information content (AvgIpc) is 3.07. The van der Waals surface area contributed by atoms with Gasteiger partial charge in [0, 0.05) is 13.0 Å². The summed E-state index contributed by atoms with van der Waals surface area (Å²) in [5, 5.41) is 0. The Balaban J connectivity index is 4.13. The molecule has 0 rings (SSSR count). The highest BCUT2D eigenvalue weighted by Gasteiger charge is 2.25. The Morgan fingerprint density at radius 1 is 0.625 bits per heavy atom. The zero-order valence-electron chi connectivity index (χ0n) is 31.2. The summed E-state index contributed by atoms with van der Waals surface area (Å²) in [7, 11) is -4.28. The summed E-state index contributed by atoms with van der Waals surface area (Å²) >= 11 is 0. The van der Waals surface area contributed by atoms with E-state index >= 15 is 0 Å². The van der Waals surface area contributed by atoms with Crippen molar-refractivity contribution in [2.75, 3.05) is 26.4 Å². The largest absolute Gasteiger partial charge is 0.498 e. The molecule has 1 unspecified atom stereocenters. The fourth-order valence-corrected chi connectivity index (χ4v) is 6.25. The molecule has 3 N–H and O–H groups in total. The number of hydrogen-bond acceptors (Lipinski definition) is 7.